The molecule has 0 aliphatic carbocycles. The lowest BCUT2D eigenvalue weighted by atomic mass is 10.1. The molecule has 0 saturated carbocycles. The number of aliphatic carboxylic acids is 1. The molecule has 1 unspecified atom stereocenters. The van der Waals surface area contributed by atoms with Crippen LogP contribution in [0.1, 0.15) is 29.3 Å². The van der Waals surface area contributed by atoms with Gasteiger partial charge < -0.3 is 25.4 Å². The Morgan fingerprint density at radius 1 is 1.07 bits per heavy atom. The quantitative estimate of drug-likeness (QED) is 0.130. The number of amidine groups is 1. The lowest BCUT2D eigenvalue weighted by molar-refractivity contribution is -0.136. The number of phenolic OH excluding ortho intramolecular Hbond substituents is 1. The molecule has 1 aromatic heterocycles. The van der Waals surface area contributed by atoms with E-state index in [1.807, 2.05) is 0 Å². The van der Waals surface area contributed by atoms with E-state index in [9.17, 15) is 22.7 Å². The molecule has 1 aliphatic rings. The molecule has 238 valence electrons. The van der Waals surface area contributed by atoms with Crippen molar-refractivity contribution in [2.75, 3.05) is 13.6 Å². The SMILES string of the molecule is CN1CC=NC1c1cc(S(=O)(=O)c2ccc(CCC(=O)O)cc2)ccc1Oc1c(F)cnc(Oc2cc(C(=N)N)ccc2O)c1F. The number of nitrogen functional groups attached to an aromatic ring is 1. The maximum atomic E-state index is 15.6. The maximum absolute atomic E-state index is 15.6. The molecule has 4 aromatic rings. The van der Waals surface area contributed by atoms with E-state index < -0.39 is 51.0 Å². The van der Waals surface area contributed by atoms with Gasteiger partial charge in [-0.3, -0.25) is 20.1 Å². The molecule has 0 radical (unpaired) electrons. The number of hydrogen-bond donors (Lipinski definition) is 4. The van der Waals surface area contributed by atoms with Gasteiger partial charge >= 0.3 is 5.97 Å². The lowest BCUT2D eigenvalue weighted by Crippen LogP contribution is -2.20. The minimum absolute atomic E-state index is 0.0421. The number of carbonyl (C=O) groups is 1. The van der Waals surface area contributed by atoms with Gasteiger partial charge in [0, 0.05) is 30.3 Å². The highest BCUT2D eigenvalue weighted by atomic mass is 32.2. The number of aryl methyl sites for hydroxylation is 1. The van der Waals surface area contributed by atoms with Gasteiger partial charge in [0.1, 0.15) is 17.8 Å². The number of hydrogen-bond acceptors (Lipinski definition) is 10. The summed E-state index contributed by atoms with van der Waals surface area (Å²) in [6.45, 7) is 0.414. The zero-order valence-electron chi connectivity index (χ0n) is 24.1. The smallest absolute Gasteiger partial charge is 0.303 e. The number of carboxylic acids is 1. The molecule has 0 fully saturated rings. The standard InChI is InChI=1S/C31H27F2N5O7S/c1-38-13-12-36-30(38)21-15-20(46(42,43)19-6-2-17(3-7-19)4-11-26(40)41)8-10-24(21)44-28-22(32)16-37-31(27(28)33)45-25-14-18(29(34)35)5-9-23(25)39/h2-3,5-10,12,14-16,30,39H,4,11,13H2,1H3,(H3,34,35)(H,40,41). The highest BCUT2D eigenvalue weighted by molar-refractivity contribution is 7.91. The third-order valence-electron chi connectivity index (χ3n) is 7.05. The van der Waals surface area contributed by atoms with Crippen molar-refractivity contribution >= 4 is 27.9 Å². The highest BCUT2D eigenvalue weighted by Gasteiger charge is 2.29. The van der Waals surface area contributed by atoms with E-state index in [1.165, 1.54) is 60.7 Å². The number of carboxylic acid groups (broad SMARTS) is 1. The number of nitrogens with two attached hydrogens (primary N) is 1. The number of sulfone groups is 1. The van der Waals surface area contributed by atoms with Crippen LogP contribution in [-0.2, 0) is 21.1 Å². The van der Waals surface area contributed by atoms with Crippen molar-refractivity contribution < 1.29 is 41.7 Å². The molecule has 2 heterocycles. The van der Waals surface area contributed by atoms with E-state index in [0.717, 1.165) is 0 Å². The molecule has 5 rings (SSSR count). The van der Waals surface area contributed by atoms with Crippen LogP contribution in [0.2, 0.25) is 0 Å². The summed E-state index contributed by atoms with van der Waals surface area (Å²) in [5, 5.41) is 26.6. The van der Waals surface area contributed by atoms with E-state index in [4.69, 9.17) is 25.7 Å². The van der Waals surface area contributed by atoms with Crippen LogP contribution in [0, 0.1) is 17.0 Å². The predicted octanol–water partition coefficient (Wildman–Crippen LogP) is 4.80. The largest absolute Gasteiger partial charge is 0.504 e. The van der Waals surface area contributed by atoms with Crippen LogP contribution in [0.15, 0.2) is 81.6 Å². The van der Waals surface area contributed by atoms with Crippen molar-refractivity contribution in [3.05, 3.63) is 95.2 Å². The zero-order chi connectivity index (χ0) is 33.2. The Kier molecular flexibility index (Phi) is 8.98. The van der Waals surface area contributed by atoms with Crippen LogP contribution in [0.3, 0.4) is 0 Å². The van der Waals surface area contributed by atoms with Gasteiger partial charge in [-0.25, -0.2) is 17.8 Å². The Labute approximate surface area is 261 Å². The van der Waals surface area contributed by atoms with Crippen LogP contribution in [0.25, 0.3) is 0 Å². The lowest BCUT2D eigenvalue weighted by Gasteiger charge is -2.22. The minimum Gasteiger partial charge on any atom is -0.504 e. The van der Waals surface area contributed by atoms with Crippen molar-refractivity contribution in [3.8, 4) is 28.9 Å². The van der Waals surface area contributed by atoms with Crippen molar-refractivity contribution in [1.82, 2.24) is 9.88 Å². The van der Waals surface area contributed by atoms with E-state index >= 15 is 4.39 Å². The van der Waals surface area contributed by atoms with Crippen LogP contribution in [0.5, 0.6) is 28.9 Å². The first kappa shape index (κ1) is 32.0. The second-order valence-electron chi connectivity index (χ2n) is 10.2. The normalized spacial score (nSPS) is 14.7. The molecule has 0 amide bonds. The van der Waals surface area contributed by atoms with Gasteiger partial charge in [0.25, 0.3) is 5.88 Å². The fourth-order valence-electron chi connectivity index (χ4n) is 4.59. The van der Waals surface area contributed by atoms with Gasteiger partial charge in [0.15, 0.2) is 17.3 Å². The summed E-state index contributed by atoms with van der Waals surface area (Å²) in [4.78, 5) is 20.5. The number of rotatable bonds is 11. The molecule has 12 nitrogen and oxygen atoms in total. The number of pyridine rings is 1. The van der Waals surface area contributed by atoms with Crippen molar-refractivity contribution in [2.24, 2.45) is 10.7 Å². The summed E-state index contributed by atoms with van der Waals surface area (Å²) < 4.78 is 68.8. The summed E-state index contributed by atoms with van der Waals surface area (Å²) in [6.07, 6.45) is 1.64. The monoisotopic (exact) mass is 651 g/mol. The summed E-state index contributed by atoms with van der Waals surface area (Å²) in [7, 11) is -2.36. The predicted molar refractivity (Wildman–Crippen MR) is 162 cm³/mol. The molecule has 0 spiro atoms. The molecular weight excluding hydrogens is 624 g/mol. The molecule has 15 heteroatoms. The molecule has 1 aliphatic heterocycles. The van der Waals surface area contributed by atoms with Gasteiger partial charge in [-0.05, 0) is 67.6 Å². The van der Waals surface area contributed by atoms with Crippen LogP contribution in [0.4, 0.5) is 8.78 Å². The van der Waals surface area contributed by atoms with Crippen molar-refractivity contribution in [2.45, 2.75) is 28.8 Å². The summed E-state index contributed by atoms with van der Waals surface area (Å²) in [5.74, 6) is -6.36. The van der Waals surface area contributed by atoms with Crippen LogP contribution < -0.4 is 15.2 Å². The van der Waals surface area contributed by atoms with Crippen molar-refractivity contribution in [3.63, 3.8) is 0 Å². The average Bonchev–Trinajstić information content (AvgIpc) is 3.46. The third-order valence-corrected chi connectivity index (χ3v) is 8.82. The van der Waals surface area contributed by atoms with E-state index in [-0.39, 0.29) is 51.1 Å². The molecule has 5 N–H and O–H groups in total. The summed E-state index contributed by atoms with van der Waals surface area (Å²) >= 11 is 0. The van der Waals surface area contributed by atoms with Crippen LogP contribution in [-0.4, -0.2) is 60.1 Å². The van der Waals surface area contributed by atoms with Gasteiger partial charge in [-0.2, -0.15) is 4.39 Å². The second kappa shape index (κ2) is 12.9. The van der Waals surface area contributed by atoms with Gasteiger partial charge in [-0.15, -0.1) is 0 Å². The first-order valence-electron chi connectivity index (χ1n) is 13.6. The van der Waals surface area contributed by atoms with Gasteiger partial charge in [0.05, 0.1) is 16.0 Å². The number of halogens is 2. The van der Waals surface area contributed by atoms with Crippen LogP contribution >= 0.6 is 0 Å². The van der Waals surface area contributed by atoms with E-state index in [1.54, 1.807) is 18.2 Å². The Morgan fingerprint density at radius 3 is 2.43 bits per heavy atom. The second-order valence-corrected chi connectivity index (χ2v) is 12.2. The Morgan fingerprint density at radius 2 is 1.78 bits per heavy atom. The van der Waals surface area contributed by atoms with E-state index in [2.05, 4.69) is 9.98 Å². The number of aliphatic imine (C=N–C) groups is 1. The fourth-order valence-corrected chi connectivity index (χ4v) is 5.89. The third kappa shape index (κ3) is 6.64. The van der Waals surface area contributed by atoms with Gasteiger partial charge in [-0.1, -0.05) is 12.1 Å². The molecule has 0 saturated heterocycles. The molecule has 1 atom stereocenters. The number of nitrogens with zero attached hydrogens (tertiary/aromatic N) is 3. The number of nitrogens with one attached hydrogen (secondary N) is 1. The minimum atomic E-state index is -4.09. The molecule has 3 aromatic carbocycles. The maximum Gasteiger partial charge on any atom is 0.303 e. The number of benzene rings is 3. The number of ether oxygens (including phenoxy) is 2. The number of phenols is 1. The first-order valence-corrected chi connectivity index (χ1v) is 15.1. The van der Waals surface area contributed by atoms with Crippen molar-refractivity contribution in [1.29, 1.82) is 5.41 Å². The Balaban J connectivity index is 1.50. The topological polar surface area (TPSA) is 188 Å². The average molecular weight is 652 g/mol. The molecule has 46 heavy (non-hydrogen) atoms. The molecule has 0 bridgehead atoms. The summed E-state index contributed by atoms with van der Waals surface area (Å²) in [6, 6.07) is 13.3. The fraction of sp³-hybridized carbons (Fsp3) is 0.161. The zero-order valence-corrected chi connectivity index (χ0v) is 25.0. The van der Waals surface area contributed by atoms with Gasteiger partial charge in [0.2, 0.25) is 21.4 Å². The number of aromatic hydroxyl groups is 1. The summed E-state index contributed by atoms with van der Waals surface area (Å²) in [5.41, 5.74) is 6.49. The first-order chi connectivity index (χ1) is 21.8. The molecular formula is C31H27F2N5O7S. The van der Waals surface area contributed by atoms with E-state index in [0.29, 0.717) is 18.3 Å². The number of aromatic nitrogens is 1. The highest BCUT2D eigenvalue weighted by Crippen LogP contribution is 2.41. The Bertz CT molecular complexity index is 1970. The Hall–Kier alpha value is -5.41.